The van der Waals surface area contributed by atoms with Crippen LogP contribution in [-0.2, 0) is 6.54 Å². The van der Waals surface area contributed by atoms with Crippen molar-refractivity contribution < 1.29 is 0 Å². The molecule has 1 aliphatic rings. The molecular formula is C13H20N6O. The van der Waals surface area contributed by atoms with Crippen molar-refractivity contribution in [2.45, 2.75) is 32.4 Å². The van der Waals surface area contributed by atoms with Crippen LogP contribution in [0.15, 0.2) is 17.2 Å². The van der Waals surface area contributed by atoms with Gasteiger partial charge in [-0.25, -0.2) is 9.97 Å². The second kappa shape index (κ2) is 5.34. The fourth-order valence-corrected chi connectivity index (χ4v) is 2.88. The fraction of sp³-hybridized carbons (Fsp3) is 0.615. The largest absolute Gasteiger partial charge is 0.327 e. The molecule has 0 spiro atoms. The average molecular weight is 276 g/mol. The lowest BCUT2D eigenvalue weighted by molar-refractivity contribution is 0.144. The maximum absolute atomic E-state index is 11.9. The molecular weight excluding hydrogens is 256 g/mol. The number of piperidine rings is 1. The van der Waals surface area contributed by atoms with Gasteiger partial charge in [-0.15, -0.1) is 0 Å². The van der Waals surface area contributed by atoms with Crippen LogP contribution in [0.5, 0.6) is 0 Å². The quantitative estimate of drug-likeness (QED) is 0.821. The van der Waals surface area contributed by atoms with Crippen LogP contribution in [0.2, 0.25) is 0 Å². The van der Waals surface area contributed by atoms with Gasteiger partial charge in [-0.05, 0) is 12.3 Å². The van der Waals surface area contributed by atoms with Gasteiger partial charge in [-0.2, -0.15) is 4.52 Å². The number of aromatic amines is 1. The maximum atomic E-state index is 11.9. The molecule has 108 valence electrons. The van der Waals surface area contributed by atoms with E-state index in [-0.39, 0.29) is 5.56 Å². The van der Waals surface area contributed by atoms with E-state index >= 15 is 0 Å². The maximum Gasteiger partial charge on any atom is 0.274 e. The smallest absolute Gasteiger partial charge is 0.274 e. The molecule has 7 nitrogen and oxygen atoms in total. The van der Waals surface area contributed by atoms with Gasteiger partial charge in [0.05, 0.1) is 5.69 Å². The lowest BCUT2D eigenvalue weighted by Crippen LogP contribution is -2.46. The van der Waals surface area contributed by atoms with Crippen molar-refractivity contribution in [2.75, 3.05) is 13.1 Å². The van der Waals surface area contributed by atoms with E-state index in [4.69, 9.17) is 5.73 Å². The highest BCUT2D eigenvalue weighted by Crippen LogP contribution is 2.19. The third kappa shape index (κ3) is 2.46. The second-order valence-corrected chi connectivity index (χ2v) is 5.46. The molecule has 2 aromatic heterocycles. The Kier molecular flexibility index (Phi) is 3.54. The molecule has 0 saturated carbocycles. The van der Waals surface area contributed by atoms with Crippen LogP contribution < -0.4 is 11.3 Å². The normalized spacial score (nSPS) is 24.3. The van der Waals surface area contributed by atoms with E-state index in [0.29, 0.717) is 24.3 Å². The van der Waals surface area contributed by atoms with E-state index < -0.39 is 0 Å². The van der Waals surface area contributed by atoms with Crippen molar-refractivity contribution in [1.29, 1.82) is 0 Å². The number of nitrogens with two attached hydrogens (primary N) is 1. The minimum Gasteiger partial charge on any atom is -0.327 e. The van der Waals surface area contributed by atoms with Gasteiger partial charge < -0.3 is 5.73 Å². The molecule has 2 atom stereocenters. The zero-order valence-corrected chi connectivity index (χ0v) is 11.6. The van der Waals surface area contributed by atoms with E-state index in [1.54, 1.807) is 6.07 Å². The molecule has 2 aromatic rings. The number of rotatable bonds is 3. The first kappa shape index (κ1) is 13.3. The molecule has 0 radical (unpaired) electrons. The highest BCUT2D eigenvalue weighted by Gasteiger charge is 2.25. The van der Waals surface area contributed by atoms with Gasteiger partial charge in [-0.3, -0.25) is 14.8 Å². The van der Waals surface area contributed by atoms with Gasteiger partial charge in [0, 0.05) is 31.7 Å². The number of hydrogen-bond acceptors (Lipinski definition) is 5. The Balaban J connectivity index is 1.77. The van der Waals surface area contributed by atoms with Gasteiger partial charge in [0.15, 0.2) is 0 Å². The molecule has 7 heteroatoms. The van der Waals surface area contributed by atoms with Crippen LogP contribution in [0.1, 0.15) is 25.5 Å². The molecule has 0 amide bonds. The van der Waals surface area contributed by atoms with E-state index in [0.717, 1.165) is 31.6 Å². The minimum absolute atomic E-state index is 0.122. The summed E-state index contributed by atoms with van der Waals surface area (Å²) in [6, 6.07) is 1.87. The summed E-state index contributed by atoms with van der Waals surface area (Å²) in [5.74, 6) is 0.951. The van der Waals surface area contributed by atoms with Crippen molar-refractivity contribution in [3.05, 3.63) is 28.4 Å². The van der Waals surface area contributed by atoms with Crippen molar-refractivity contribution in [1.82, 2.24) is 24.5 Å². The molecule has 3 rings (SSSR count). The Morgan fingerprint density at radius 3 is 3.20 bits per heavy atom. The number of aromatic nitrogens is 4. The topological polar surface area (TPSA) is 92.3 Å². The lowest BCUT2D eigenvalue weighted by Gasteiger charge is -2.36. The van der Waals surface area contributed by atoms with Crippen LogP contribution in [0.3, 0.4) is 0 Å². The number of nitrogens with one attached hydrogen (secondary N) is 1. The number of H-pyrrole nitrogens is 1. The molecule has 0 aliphatic carbocycles. The summed E-state index contributed by atoms with van der Waals surface area (Å²) in [5, 5.41) is 2.74. The molecule has 3 heterocycles. The van der Waals surface area contributed by atoms with Crippen molar-refractivity contribution in [3.8, 4) is 0 Å². The second-order valence-electron chi connectivity index (χ2n) is 5.46. The molecule has 20 heavy (non-hydrogen) atoms. The molecule has 0 bridgehead atoms. The van der Waals surface area contributed by atoms with E-state index in [1.807, 2.05) is 0 Å². The van der Waals surface area contributed by atoms with Crippen molar-refractivity contribution in [3.63, 3.8) is 0 Å². The Hall–Kier alpha value is -1.73. The summed E-state index contributed by atoms with van der Waals surface area (Å²) in [7, 11) is 0. The summed E-state index contributed by atoms with van der Waals surface area (Å²) < 4.78 is 1.34. The Labute approximate surface area is 116 Å². The van der Waals surface area contributed by atoms with Crippen LogP contribution in [0.4, 0.5) is 0 Å². The predicted molar refractivity (Wildman–Crippen MR) is 75.3 cm³/mol. The molecule has 1 fully saturated rings. The first-order valence-corrected chi connectivity index (χ1v) is 7.07. The fourth-order valence-electron chi connectivity index (χ4n) is 2.88. The van der Waals surface area contributed by atoms with E-state index in [2.05, 4.69) is 26.9 Å². The third-order valence-electron chi connectivity index (χ3n) is 4.11. The number of fused-ring (bicyclic) bond motifs is 1. The highest BCUT2D eigenvalue weighted by molar-refractivity contribution is 5.25. The first-order valence-electron chi connectivity index (χ1n) is 7.07. The van der Waals surface area contributed by atoms with Crippen molar-refractivity contribution in [2.24, 2.45) is 11.7 Å². The van der Waals surface area contributed by atoms with E-state index in [9.17, 15) is 4.79 Å². The SMILES string of the molecule is CCC1CN(Cc2cc(=O)n3[nH]cnc3n2)CCC1N. The summed E-state index contributed by atoms with van der Waals surface area (Å²) in [4.78, 5) is 22.7. The minimum atomic E-state index is -0.122. The van der Waals surface area contributed by atoms with Gasteiger partial charge >= 0.3 is 0 Å². The van der Waals surface area contributed by atoms with Crippen molar-refractivity contribution >= 4 is 5.78 Å². The molecule has 1 saturated heterocycles. The summed E-state index contributed by atoms with van der Waals surface area (Å²) >= 11 is 0. The standard InChI is InChI=1S/C13H20N6O/c1-2-9-6-18(4-3-11(9)14)7-10-5-12(20)19-13(17-10)15-8-16-19/h5,8-9,11H,2-4,6-7,14H2,1H3,(H,15,16,17). The number of likely N-dealkylation sites (tertiary alicyclic amines) is 1. The lowest BCUT2D eigenvalue weighted by atomic mass is 9.90. The van der Waals surface area contributed by atoms with Crippen LogP contribution >= 0.6 is 0 Å². The van der Waals surface area contributed by atoms with Crippen LogP contribution in [-0.4, -0.2) is 43.6 Å². The van der Waals surface area contributed by atoms with Gasteiger partial charge in [0.2, 0.25) is 0 Å². The van der Waals surface area contributed by atoms with Crippen LogP contribution in [0, 0.1) is 5.92 Å². The zero-order valence-electron chi connectivity index (χ0n) is 11.6. The van der Waals surface area contributed by atoms with E-state index in [1.165, 1.54) is 10.8 Å². The first-order chi connectivity index (χ1) is 9.67. The molecule has 3 N–H and O–H groups in total. The van der Waals surface area contributed by atoms with Gasteiger partial charge in [0.1, 0.15) is 6.33 Å². The zero-order chi connectivity index (χ0) is 14.1. The Bertz CT molecular complexity index is 648. The van der Waals surface area contributed by atoms with Crippen LogP contribution in [0.25, 0.3) is 5.78 Å². The molecule has 1 aliphatic heterocycles. The third-order valence-corrected chi connectivity index (χ3v) is 4.11. The number of nitrogens with zero attached hydrogens (tertiary/aromatic N) is 4. The Morgan fingerprint density at radius 1 is 1.55 bits per heavy atom. The monoisotopic (exact) mass is 276 g/mol. The summed E-state index contributed by atoms with van der Waals surface area (Å²) in [5.41, 5.74) is 6.77. The molecule has 0 aromatic carbocycles. The number of hydrogen-bond donors (Lipinski definition) is 2. The Morgan fingerprint density at radius 2 is 2.40 bits per heavy atom. The highest BCUT2D eigenvalue weighted by atomic mass is 16.1. The average Bonchev–Trinajstić information content (AvgIpc) is 2.90. The summed E-state index contributed by atoms with van der Waals surface area (Å²) in [6.45, 7) is 4.79. The van der Waals surface area contributed by atoms with Gasteiger partial charge in [-0.1, -0.05) is 13.3 Å². The predicted octanol–water partition coefficient (Wildman–Crippen LogP) is -0.0232. The summed E-state index contributed by atoms with van der Waals surface area (Å²) in [6.07, 6.45) is 3.56. The molecule has 2 unspecified atom stereocenters. The van der Waals surface area contributed by atoms with Gasteiger partial charge in [0.25, 0.3) is 11.3 Å².